The average molecular weight is 585 g/mol. The summed E-state index contributed by atoms with van der Waals surface area (Å²) in [6.07, 6.45) is 1.49. The summed E-state index contributed by atoms with van der Waals surface area (Å²) in [5.41, 5.74) is 9.38. The maximum atomic E-state index is 13.7. The Bertz CT molecular complexity index is 1270. The number of H-pyrrole nitrogens is 1. The highest BCUT2D eigenvalue weighted by atomic mass is 32.1. The van der Waals surface area contributed by atoms with E-state index >= 15 is 0 Å². The fourth-order valence-electron chi connectivity index (χ4n) is 5.42. The summed E-state index contributed by atoms with van der Waals surface area (Å²) in [5.74, 6) is -2.93. The number of nitrogens with zero attached hydrogens (tertiary/aromatic N) is 4. The summed E-state index contributed by atoms with van der Waals surface area (Å²) in [5, 5.41) is 8.85. The number of hydrogen-bond acceptors (Lipinski definition) is 7. The van der Waals surface area contributed by atoms with Crippen molar-refractivity contribution in [1.82, 2.24) is 24.7 Å². The maximum Gasteiger partial charge on any atom is 0.490 e. The summed E-state index contributed by atoms with van der Waals surface area (Å²) in [4.78, 5) is 25.9. The van der Waals surface area contributed by atoms with Gasteiger partial charge in [0.2, 0.25) is 0 Å². The molecule has 0 amide bonds. The first kappa shape index (κ1) is 30.2. The number of aromatic amines is 1. The van der Waals surface area contributed by atoms with E-state index in [9.17, 15) is 17.6 Å². The van der Waals surface area contributed by atoms with Gasteiger partial charge in [0.15, 0.2) is 5.13 Å². The molecule has 1 aliphatic heterocycles. The SMILES string of the molecule is CCCN(CCN1CCN(Cc2c[nH]c3ccc(F)cc23)CC1)C1CCc2nc(N)sc2C1.O=C(O)C(F)(F)F. The molecule has 1 aliphatic carbocycles. The molecule has 0 saturated carbocycles. The molecular weight excluding hydrogens is 548 g/mol. The van der Waals surface area contributed by atoms with Crippen LogP contribution in [0.1, 0.15) is 35.9 Å². The van der Waals surface area contributed by atoms with Gasteiger partial charge in [-0.3, -0.25) is 14.7 Å². The van der Waals surface area contributed by atoms with Crippen molar-refractivity contribution in [2.75, 3.05) is 51.5 Å². The minimum absolute atomic E-state index is 0.169. The minimum Gasteiger partial charge on any atom is -0.475 e. The smallest absolute Gasteiger partial charge is 0.475 e. The van der Waals surface area contributed by atoms with Crippen molar-refractivity contribution < 1.29 is 27.5 Å². The van der Waals surface area contributed by atoms with E-state index < -0.39 is 12.1 Å². The van der Waals surface area contributed by atoms with Crippen molar-refractivity contribution in [2.45, 2.75) is 51.4 Å². The van der Waals surface area contributed by atoms with E-state index in [0.717, 1.165) is 81.2 Å². The van der Waals surface area contributed by atoms with Crippen LogP contribution < -0.4 is 5.73 Å². The van der Waals surface area contributed by atoms with Gasteiger partial charge in [0.25, 0.3) is 0 Å². The number of carbonyl (C=O) groups is 1. The van der Waals surface area contributed by atoms with E-state index in [-0.39, 0.29) is 5.82 Å². The number of halogens is 4. The van der Waals surface area contributed by atoms with Gasteiger partial charge in [-0.05, 0) is 56.0 Å². The van der Waals surface area contributed by atoms with Crippen molar-refractivity contribution in [1.29, 1.82) is 0 Å². The average Bonchev–Trinajstić information content (AvgIpc) is 3.48. The van der Waals surface area contributed by atoms with E-state index in [4.69, 9.17) is 15.6 Å². The third-order valence-electron chi connectivity index (χ3n) is 7.49. The second-order valence-electron chi connectivity index (χ2n) is 10.3. The largest absolute Gasteiger partial charge is 0.490 e. The van der Waals surface area contributed by atoms with E-state index in [1.165, 1.54) is 35.0 Å². The number of piperazine rings is 1. The number of aromatic nitrogens is 2. The quantitative estimate of drug-likeness (QED) is 0.338. The number of nitrogen functional groups attached to an aromatic ring is 1. The highest BCUT2D eigenvalue weighted by Crippen LogP contribution is 2.30. The molecular formula is C27H36F4N6O2S. The number of thiazole rings is 1. The molecule has 3 heterocycles. The van der Waals surface area contributed by atoms with Gasteiger partial charge in [-0.15, -0.1) is 11.3 Å². The van der Waals surface area contributed by atoms with E-state index in [0.29, 0.717) is 6.04 Å². The molecule has 1 fully saturated rings. The molecule has 220 valence electrons. The summed E-state index contributed by atoms with van der Waals surface area (Å²) >= 11 is 1.68. The number of aliphatic carboxylic acids is 1. The van der Waals surface area contributed by atoms with E-state index in [2.05, 4.69) is 31.6 Å². The standard InChI is InChI=1S/C25H35FN6S.C2HF3O2/c1-2-7-32(20-4-6-23-24(15-20)33-25(27)29-23)13-12-30-8-10-31(11-9-30)17-18-16-28-22-5-3-19(26)14-21(18)22;3-2(4,5)1(6)7/h3,5,14,16,20,28H,2,4,6-13,15,17H2,1H3,(H2,27,29);(H,6,7). The minimum atomic E-state index is -5.08. The summed E-state index contributed by atoms with van der Waals surface area (Å²) in [6.45, 7) is 10.9. The zero-order valence-electron chi connectivity index (χ0n) is 22.5. The lowest BCUT2D eigenvalue weighted by molar-refractivity contribution is -0.192. The summed E-state index contributed by atoms with van der Waals surface area (Å²) in [7, 11) is 0. The van der Waals surface area contributed by atoms with Gasteiger partial charge in [-0.25, -0.2) is 14.2 Å². The molecule has 2 aromatic heterocycles. The lowest BCUT2D eigenvalue weighted by atomic mass is 9.96. The number of fused-ring (bicyclic) bond motifs is 2. The van der Waals surface area contributed by atoms with Crippen LogP contribution in [0.15, 0.2) is 24.4 Å². The van der Waals surface area contributed by atoms with Crippen LogP contribution in [0.2, 0.25) is 0 Å². The fraction of sp³-hybridized carbons (Fsp3) is 0.556. The van der Waals surface area contributed by atoms with Gasteiger partial charge in [0.05, 0.1) is 5.69 Å². The van der Waals surface area contributed by atoms with Crippen molar-refractivity contribution >= 4 is 33.3 Å². The van der Waals surface area contributed by atoms with Crippen LogP contribution in [0, 0.1) is 5.82 Å². The first-order valence-corrected chi connectivity index (χ1v) is 14.3. The second-order valence-corrected chi connectivity index (χ2v) is 11.4. The second kappa shape index (κ2) is 13.3. The van der Waals surface area contributed by atoms with Crippen molar-refractivity contribution in [3.63, 3.8) is 0 Å². The highest BCUT2D eigenvalue weighted by molar-refractivity contribution is 7.15. The van der Waals surface area contributed by atoms with Gasteiger partial charge in [0, 0.05) is 73.8 Å². The predicted molar refractivity (Wildman–Crippen MR) is 148 cm³/mol. The Balaban J connectivity index is 0.000000470. The Morgan fingerprint density at radius 1 is 1.23 bits per heavy atom. The number of rotatable bonds is 8. The number of carboxylic acids is 1. The topological polar surface area (TPSA) is 102 Å². The number of anilines is 1. The number of benzene rings is 1. The first-order valence-electron chi connectivity index (χ1n) is 13.5. The lowest BCUT2D eigenvalue weighted by Gasteiger charge is -2.38. The third-order valence-corrected chi connectivity index (χ3v) is 8.44. The van der Waals surface area contributed by atoms with E-state index in [1.54, 1.807) is 17.4 Å². The summed E-state index contributed by atoms with van der Waals surface area (Å²) < 4.78 is 45.4. The highest BCUT2D eigenvalue weighted by Gasteiger charge is 2.38. The summed E-state index contributed by atoms with van der Waals surface area (Å²) in [6, 6.07) is 5.60. The molecule has 0 bridgehead atoms. The zero-order chi connectivity index (χ0) is 28.9. The molecule has 5 rings (SSSR count). The zero-order valence-corrected chi connectivity index (χ0v) is 23.3. The predicted octanol–water partition coefficient (Wildman–Crippen LogP) is 4.37. The van der Waals surface area contributed by atoms with Crippen LogP contribution in [-0.4, -0.2) is 93.8 Å². The third kappa shape index (κ3) is 7.93. The number of carboxylic acid groups (broad SMARTS) is 1. The van der Waals surface area contributed by atoms with Crippen molar-refractivity contribution in [3.8, 4) is 0 Å². The molecule has 8 nitrogen and oxygen atoms in total. The van der Waals surface area contributed by atoms with Crippen molar-refractivity contribution in [2.24, 2.45) is 0 Å². The molecule has 1 aromatic carbocycles. The molecule has 0 spiro atoms. The van der Waals surface area contributed by atoms with Gasteiger partial charge in [0.1, 0.15) is 5.82 Å². The molecule has 2 aliphatic rings. The van der Waals surface area contributed by atoms with Gasteiger partial charge >= 0.3 is 12.1 Å². The van der Waals surface area contributed by atoms with Gasteiger partial charge in [-0.2, -0.15) is 13.2 Å². The number of aryl methyl sites for hydroxylation is 1. The van der Waals surface area contributed by atoms with Crippen molar-refractivity contribution in [3.05, 3.63) is 46.3 Å². The van der Waals surface area contributed by atoms with Crippen LogP contribution >= 0.6 is 11.3 Å². The van der Waals surface area contributed by atoms with Crippen LogP contribution in [0.3, 0.4) is 0 Å². The Labute approximate surface area is 234 Å². The van der Waals surface area contributed by atoms with Crippen LogP contribution in [0.5, 0.6) is 0 Å². The number of hydrogen-bond donors (Lipinski definition) is 3. The Hall–Kier alpha value is -2.74. The van der Waals surface area contributed by atoms with Crippen LogP contribution in [-0.2, 0) is 24.2 Å². The molecule has 0 radical (unpaired) electrons. The number of nitrogens with two attached hydrogens (primary N) is 1. The Morgan fingerprint density at radius 2 is 1.93 bits per heavy atom. The molecule has 3 aromatic rings. The number of alkyl halides is 3. The van der Waals surface area contributed by atoms with E-state index in [1.807, 2.05) is 12.3 Å². The first-order chi connectivity index (χ1) is 19.0. The van der Waals surface area contributed by atoms with Gasteiger partial charge < -0.3 is 15.8 Å². The number of nitrogens with one attached hydrogen (secondary N) is 1. The van der Waals surface area contributed by atoms with Crippen LogP contribution in [0.25, 0.3) is 10.9 Å². The Kier molecular flexibility index (Phi) is 10.0. The molecule has 4 N–H and O–H groups in total. The molecule has 1 saturated heterocycles. The Morgan fingerprint density at radius 3 is 2.60 bits per heavy atom. The normalized spacial score (nSPS) is 18.5. The molecule has 1 unspecified atom stereocenters. The maximum absolute atomic E-state index is 13.7. The fourth-order valence-corrected chi connectivity index (χ4v) is 6.37. The molecule has 40 heavy (non-hydrogen) atoms. The monoisotopic (exact) mass is 584 g/mol. The lowest BCUT2D eigenvalue weighted by Crippen LogP contribution is -2.49. The van der Waals surface area contributed by atoms with Crippen LogP contribution in [0.4, 0.5) is 22.7 Å². The molecule has 1 atom stereocenters. The molecule has 13 heteroatoms. The van der Waals surface area contributed by atoms with Gasteiger partial charge in [-0.1, -0.05) is 6.92 Å².